The Morgan fingerprint density at radius 1 is 1.25 bits per heavy atom. The molecule has 0 aromatic heterocycles. The van der Waals surface area contributed by atoms with Gasteiger partial charge in [-0.25, -0.2) is 0 Å². The number of aliphatic hydroxyl groups is 3. The van der Waals surface area contributed by atoms with Crippen LogP contribution in [0.3, 0.4) is 0 Å². The maximum atomic E-state index is 12.8. The van der Waals surface area contributed by atoms with Gasteiger partial charge in [-0.15, -0.1) is 0 Å². The molecule has 7 atom stereocenters. The molecule has 0 aliphatic heterocycles. The molecule has 3 fully saturated rings. The van der Waals surface area contributed by atoms with E-state index in [-0.39, 0.29) is 42.1 Å². The highest BCUT2D eigenvalue weighted by molar-refractivity contribution is 6.06. The smallest absolute Gasteiger partial charge is 0.308 e. The minimum absolute atomic E-state index is 0.00249. The number of hydrogen-bond acceptors (Lipinski definition) is 7. The zero-order chi connectivity index (χ0) is 23.6. The van der Waals surface area contributed by atoms with E-state index in [0.29, 0.717) is 19.3 Å². The third-order valence-corrected chi connectivity index (χ3v) is 9.32. The lowest BCUT2D eigenvalue weighted by atomic mass is 9.44. The first-order chi connectivity index (χ1) is 15.0. The Balaban J connectivity index is 1.82. The Kier molecular flexibility index (Phi) is 5.55. The van der Waals surface area contributed by atoms with Crippen LogP contribution in [0.4, 0.5) is 0 Å². The molecule has 0 spiro atoms. The minimum atomic E-state index is -1.65. The lowest BCUT2D eigenvalue weighted by Gasteiger charge is -2.60. The first-order valence-corrected chi connectivity index (χ1v) is 11.7. The number of esters is 1. The third-order valence-electron chi connectivity index (χ3n) is 9.32. The summed E-state index contributed by atoms with van der Waals surface area (Å²) in [6.07, 6.45) is 3.84. The Bertz CT molecular complexity index is 933. The summed E-state index contributed by atoms with van der Waals surface area (Å²) >= 11 is 0. The lowest BCUT2D eigenvalue weighted by Crippen LogP contribution is -2.62. The second-order valence-corrected chi connectivity index (χ2v) is 10.5. The van der Waals surface area contributed by atoms with Gasteiger partial charge in [0.05, 0.1) is 6.10 Å². The molecular formula is C25H34O7. The maximum Gasteiger partial charge on any atom is 0.308 e. The van der Waals surface area contributed by atoms with Gasteiger partial charge >= 0.3 is 5.97 Å². The lowest BCUT2D eigenvalue weighted by molar-refractivity contribution is -0.179. The molecule has 7 heteroatoms. The van der Waals surface area contributed by atoms with Crippen LogP contribution in [0.2, 0.25) is 0 Å². The van der Waals surface area contributed by atoms with Crippen molar-refractivity contribution in [1.29, 1.82) is 0 Å². The Labute approximate surface area is 188 Å². The van der Waals surface area contributed by atoms with E-state index in [0.717, 1.165) is 17.6 Å². The summed E-state index contributed by atoms with van der Waals surface area (Å²) in [4.78, 5) is 37.1. The third kappa shape index (κ3) is 2.87. The van der Waals surface area contributed by atoms with Crippen LogP contribution in [0.25, 0.3) is 0 Å². The number of hydrogen-bond donors (Lipinski definition) is 3. The van der Waals surface area contributed by atoms with Crippen molar-refractivity contribution in [2.24, 2.45) is 28.6 Å². The van der Waals surface area contributed by atoms with Crippen molar-refractivity contribution in [1.82, 2.24) is 0 Å². The number of ketones is 2. The van der Waals surface area contributed by atoms with E-state index in [4.69, 9.17) is 4.74 Å². The number of fused-ring (bicyclic) bond motifs is 5. The van der Waals surface area contributed by atoms with E-state index in [9.17, 15) is 29.7 Å². The van der Waals surface area contributed by atoms with Gasteiger partial charge in [-0.1, -0.05) is 26.3 Å². The van der Waals surface area contributed by atoms with Crippen molar-refractivity contribution in [3.8, 4) is 0 Å². The predicted molar refractivity (Wildman–Crippen MR) is 115 cm³/mol. The summed E-state index contributed by atoms with van der Waals surface area (Å²) in [7, 11) is 0. The van der Waals surface area contributed by atoms with Crippen LogP contribution in [0, 0.1) is 28.6 Å². The number of carbonyl (C=O) groups excluding carboxylic acids is 3. The fraction of sp³-hybridized carbons (Fsp3) is 0.720. The number of rotatable bonds is 4. The van der Waals surface area contributed by atoms with Crippen molar-refractivity contribution in [3.63, 3.8) is 0 Å². The Hall–Kier alpha value is -1.83. The summed E-state index contributed by atoms with van der Waals surface area (Å²) in [5, 5.41) is 32.4. The van der Waals surface area contributed by atoms with Gasteiger partial charge in [-0.05, 0) is 62.0 Å². The molecule has 4 rings (SSSR count). The standard InChI is InChI=1S/C25H34O7/c1-5-16-22(32-13(2)27)18(28)10-14-6-7-15-17-8-9-25(31,20(30)12-26)23(17,3)11-19(29)21(15)24(14,16)4/h10,15,17,19,21,26,29,31H,5-9,11-12H2,1-4H3/t15-,17-,19-,21+,23-,24+,25-/m0/s1. The zero-order valence-corrected chi connectivity index (χ0v) is 19.3. The van der Waals surface area contributed by atoms with Crippen molar-refractivity contribution in [2.45, 2.75) is 77.9 Å². The number of ether oxygens (including phenoxy) is 1. The fourth-order valence-electron chi connectivity index (χ4n) is 7.97. The molecule has 176 valence electrons. The fourth-order valence-corrected chi connectivity index (χ4v) is 7.97. The molecule has 4 aliphatic rings. The minimum Gasteiger partial charge on any atom is -0.423 e. The Morgan fingerprint density at radius 2 is 1.94 bits per heavy atom. The first kappa shape index (κ1) is 23.3. The van der Waals surface area contributed by atoms with Gasteiger partial charge in [-0.2, -0.15) is 0 Å². The molecule has 0 bridgehead atoms. The molecule has 3 saturated carbocycles. The molecule has 0 aromatic rings. The van der Waals surface area contributed by atoms with E-state index in [1.54, 1.807) is 6.08 Å². The van der Waals surface area contributed by atoms with Crippen molar-refractivity contribution < 1.29 is 34.4 Å². The van der Waals surface area contributed by atoms with Gasteiger partial charge in [0.2, 0.25) is 5.78 Å². The molecule has 3 N–H and O–H groups in total. The highest BCUT2D eigenvalue weighted by Gasteiger charge is 2.68. The summed E-state index contributed by atoms with van der Waals surface area (Å²) in [5.41, 5.74) is -1.42. The number of Topliss-reactive ketones (excluding diaryl/α,β-unsaturated/α-hetero) is 1. The van der Waals surface area contributed by atoms with E-state index in [1.165, 1.54) is 6.92 Å². The predicted octanol–water partition coefficient (Wildman–Crippen LogP) is 2.23. The van der Waals surface area contributed by atoms with Crippen molar-refractivity contribution in [2.75, 3.05) is 6.61 Å². The summed E-state index contributed by atoms with van der Waals surface area (Å²) in [6, 6.07) is 0. The average molecular weight is 447 g/mol. The van der Waals surface area contributed by atoms with E-state index < -0.39 is 40.9 Å². The largest absolute Gasteiger partial charge is 0.423 e. The number of allylic oxidation sites excluding steroid dienone is 3. The van der Waals surface area contributed by atoms with Crippen LogP contribution in [0.1, 0.15) is 66.2 Å². The summed E-state index contributed by atoms with van der Waals surface area (Å²) < 4.78 is 5.37. The second-order valence-electron chi connectivity index (χ2n) is 10.5. The number of carbonyl (C=O) groups is 3. The van der Waals surface area contributed by atoms with Crippen LogP contribution in [-0.2, 0) is 19.1 Å². The highest BCUT2D eigenvalue weighted by Crippen LogP contribution is 2.68. The summed E-state index contributed by atoms with van der Waals surface area (Å²) in [6.45, 7) is 6.39. The monoisotopic (exact) mass is 446 g/mol. The zero-order valence-electron chi connectivity index (χ0n) is 19.3. The van der Waals surface area contributed by atoms with Crippen LogP contribution in [-0.4, -0.2) is 51.2 Å². The van der Waals surface area contributed by atoms with E-state index >= 15 is 0 Å². The van der Waals surface area contributed by atoms with Gasteiger partial charge in [0.25, 0.3) is 0 Å². The molecule has 0 aromatic carbocycles. The van der Waals surface area contributed by atoms with Crippen molar-refractivity contribution >= 4 is 17.5 Å². The van der Waals surface area contributed by atoms with Gasteiger partial charge in [0.1, 0.15) is 12.2 Å². The average Bonchev–Trinajstić information content (AvgIpc) is 2.99. The molecular weight excluding hydrogens is 412 g/mol. The van der Waals surface area contributed by atoms with Crippen LogP contribution >= 0.6 is 0 Å². The molecule has 0 unspecified atom stereocenters. The normalized spacial score (nSPS) is 43.2. The van der Waals surface area contributed by atoms with Gasteiger partial charge < -0.3 is 20.1 Å². The van der Waals surface area contributed by atoms with Crippen LogP contribution < -0.4 is 0 Å². The molecule has 0 amide bonds. The molecule has 0 saturated heterocycles. The van der Waals surface area contributed by atoms with E-state index in [1.807, 2.05) is 20.8 Å². The van der Waals surface area contributed by atoms with Crippen LogP contribution in [0.15, 0.2) is 23.0 Å². The molecule has 4 aliphatic carbocycles. The molecule has 0 heterocycles. The van der Waals surface area contributed by atoms with Gasteiger partial charge in [0, 0.05) is 23.7 Å². The van der Waals surface area contributed by atoms with E-state index in [2.05, 4.69) is 0 Å². The molecule has 7 nitrogen and oxygen atoms in total. The SMILES string of the molecule is CCC1=C(OC(C)=O)C(=O)C=C2CC[C@@H]3[C@H]([C@@H](O)C[C@@]4(C)[C@H]3CC[C@]4(O)C(=O)CO)[C@]21C. The number of aliphatic hydroxyl groups excluding tert-OH is 2. The van der Waals surface area contributed by atoms with Gasteiger partial charge in [-0.3, -0.25) is 14.4 Å². The molecule has 0 radical (unpaired) electrons. The van der Waals surface area contributed by atoms with Crippen LogP contribution in [0.5, 0.6) is 0 Å². The Morgan fingerprint density at radius 3 is 2.53 bits per heavy atom. The topological polar surface area (TPSA) is 121 Å². The summed E-state index contributed by atoms with van der Waals surface area (Å²) in [5.74, 6) is -1.55. The maximum absolute atomic E-state index is 12.8. The molecule has 32 heavy (non-hydrogen) atoms. The second kappa shape index (κ2) is 7.61. The van der Waals surface area contributed by atoms with Crippen molar-refractivity contribution in [3.05, 3.63) is 23.0 Å². The van der Waals surface area contributed by atoms with Gasteiger partial charge in [0.15, 0.2) is 11.5 Å². The quantitative estimate of drug-likeness (QED) is 0.566. The first-order valence-electron chi connectivity index (χ1n) is 11.7. The highest BCUT2D eigenvalue weighted by atomic mass is 16.5.